The van der Waals surface area contributed by atoms with Crippen LogP contribution in [0.2, 0.25) is 0 Å². The van der Waals surface area contributed by atoms with Crippen LogP contribution < -0.4 is 5.32 Å². The van der Waals surface area contributed by atoms with Crippen LogP contribution in [0.3, 0.4) is 0 Å². The zero-order valence-electron chi connectivity index (χ0n) is 11.4. The van der Waals surface area contributed by atoms with Gasteiger partial charge in [0.1, 0.15) is 5.01 Å². The molecule has 0 saturated heterocycles. The van der Waals surface area contributed by atoms with Crippen LogP contribution in [0.4, 0.5) is 5.13 Å². The quantitative estimate of drug-likeness (QED) is 0.898. The molecule has 0 fully saturated rings. The molecule has 1 amide bonds. The fourth-order valence-electron chi connectivity index (χ4n) is 1.99. The second-order valence-corrected chi connectivity index (χ2v) is 5.48. The summed E-state index contributed by atoms with van der Waals surface area (Å²) in [5.74, 6) is -0.362. The molecule has 0 aliphatic carbocycles. The summed E-state index contributed by atoms with van der Waals surface area (Å²) in [6, 6.07) is 0. The summed E-state index contributed by atoms with van der Waals surface area (Å²) < 4.78 is 0. The minimum Gasteiger partial charge on any atom is -0.300 e. The molecule has 1 atom stereocenters. The normalized spacial score (nSPS) is 12.4. The standard InChI is InChI=1S/C12H17N5OS/c1-5-9-16-17-12(19-9)13-11(18)6(2)10-7(3)14-15-8(10)4/h6H,5H2,1-4H3,(H,14,15)(H,13,17,18). The van der Waals surface area contributed by atoms with Crippen LogP contribution in [0.15, 0.2) is 0 Å². The maximum absolute atomic E-state index is 12.2. The second-order valence-electron chi connectivity index (χ2n) is 4.41. The Morgan fingerprint density at radius 3 is 2.68 bits per heavy atom. The fraction of sp³-hybridized carbons (Fsp3) is 0.500. The third-order valence-corrected chi connectivity index (χ3v) is 3.99. The van der Waals surface area contributed by atoms with E-state index in [-0.39, 0.29) is 11.8 Å². The molecular weight excluding hydrogens is 262 g/mol. The Labute approximate surface area is 115 Å². The number of anilines is 1. The van der Waals surface area contributed by atoms with E-state index in [4.69, 9.17) is 0 Å². The molecule has 19 heavy (non-hydrogen) atoms. The number of hydrogen-bond acceptors (Lipinski definition) is 5. The zero-order chi connectivity index (χ0) is 14.0. The largest absolute Gasteiger partial charge is 0.300 e. The zero-order valence-corrected chi connectivity index (χ0v) is 12.3. The van der Waals surface area contributed by atoms with E-state index in [0.717, 1.165) is 28.4 Å². The maximum atomic E-state index is 12.2. The van der Waals surface area contributed by atoms with Gasteiger partial charge in [0, 0.05) is 11.3 Å². The van der Waals surface area contributed by atoms with Crippen molar-refractivity contribution in [3.05, 3.63) is 22.0 Å². The lowest BCUT2D eigenvalue weighted by Crippen LogP contribution is -2.19. The van der Waals surface area contributed by atoms with Crippen molar-refractivity contribution in [3.8, 4) is 0 Å². The molecule has 0 bridgehead atoms. The van der Waals surface area contributed by atoms with Crippen molar-refractivity contribution in [2.24, 2.45) is 0 Å². The van der Waals surface area contributed by atoms with Gasteiger partial charge in [-0.05, 0) is 27.2 Å². The van der Waals surface area contributed by atoms with Crippen LogP contribution in [-0.2, 0) is 11.2 Å². The Morgan fingerprint density at radius 1 is 1.42 bits per heavy atom. The van der Waals surface area contributed by atoms with Crippen LogP contribution in [0.25, 0.3) is 0 Å². The van der Waals surface area contributed by atoms with Crippen LogP contribution in [-0.4, -0.2) is 26.3 Å². The number of aromatic nitrogens is 4. The first kappa shape index (κ1) is 13.7. The summed E-state index contributed by atoms with van der Waals surface area (Å²) in [6.07, 6.45) is 0.822. The first-order valence-electron chi connectivity index (χ1n) is 6.17. The van der Waals surface area contributed by atoms with E-state index in [9.17, 15) is 4.79 Å². The van der Waals surface area contributed by atoms with Crippen LogP contribution >= 0.6 is 11.3 Å². The number of nitrogens with zero attached hydrogens (tertiary/aromatic N) is 3. The van der Waals surface area contributed by atoms with E-state index in [1.54, 1.807) is 0 Å². The lowest BCUT2D eigenvalue weighted by molar-refractivity contribution is -0.117. The van der Waals surface area contributed by atoms with Gasteiger partial charge >= 0.3 is 0 Å². The summed E-state index contributed by atoms with van der Waals surface area (Å²) >= 11 is 1.41. The van der Waals surface area contributed by atoms with E-state index in [0.29, 0.717) is 5.13 Å². The predicted molar refractivity (Wildman–Crippen MR) is 74.4 cm³/mol. The third-order valence-electron chi connectivity index (χ3n) is 3.01. The first-order chi connectivity index (χ1) is 9.02. The van der Waals surface area contributed by atoms with E-state index in [1.807, 2.05) is 27.7 Å². The highest BCUT2D eigenvalue weighted by Gasteiger charge is 2.22. The molecule has 2 N–H and O–H groups in total. The Kier molecular flexibility index (Phi) is 3.94. The van der Waals surface area contributed by atoms with Gasteiger partial charge in [0.25, 0.3) is 0 Å². The summed E-state index contributed by atoms with van der Waals surface area (Å²) in [7, 11) is 0. The van der Waals surface area contributed by atoms with E-state index < -0.39 is 0 Å². The molecule has 0 radical (unpaired) electrons. The number of rotatable bonds is 4. The summed E-state index contributed by atoms with van der Waals surface area (Å²) in [6.45, 7) is 7.68. The number of carbonyl (C=O) groups excluding carboxylic acids is 1. The van der Waals surface area contributed by atoms with Crippen LogP contribution in [0.1, 0.15) is 41.7 Å². The van der Waals surface area contributed by atoms with Crippen molar-refractivity contribution in [2.75, 3.05) is 5.32 Å². The van der Waals surface area contributed by atoms with Crippen molar-refractivity contribution < 1.29 is 4.79 Å². The van der Waals surface area contributed by atoms with Gasteiger partial charge in [0.2, 0.25) is 11.0 Å². The van der Waals surface area contributed by atoms with Crippen molar-refractivity contribution in [3.63, 3.8) is 0 Å². The summed E-state index contributed by atoms with van der Waals surface area (Å²) in [5, 5.41) is 19.2. The SMILES string of the molecule is CCc1nnc(NC(=O)C(C)c2c(C)n[nH]c2C)s1. The number of hydrogen-bond donors (Lipinski definition) is 2. The number of carbonyl (C=O) groups is 1. The Morgan fingerprint density at radius 2 is 2.16 bits per heavy atom. The number of H-pyrrole nitrogens is 1. The Hall–Kier alpha value is -1.76. The summed E-state index contributed by atoms with van der Waals surface area (Å²) in [4.78, 5) is 12.2. The molecule has 2 rings (SSSR count). The molecule has 7 heteroatoms. The topological polar surface area (TPSA) is 83.6 Å². The third kappa shape index (κ3) is 2.81. The van der Waals surface area contributed by atoms with Crippen LogP contribution in [0, 0.1) is 13.8 Å². The van der Waals surface area contributed by atoms with Crippen molar-refractivity contribution >= 4 is 22.4 Å². The molecule has 1 unspecified atom stereocenters. The first-order valence-corrected chi connectivity index (χ1v) is 6.99. The maximum Gasteiger partial charge on any atom is 0.233 e. The van der Waals surface area contributed by atoms with Gasteiger partial charge < -0.3 is 0 Å². The van der Waals surface area contributed by atoms with E-state index >= 15 is 0 Å². The van der Waals surface area contributed by atoms with Gasteiger partial charge in [-0.15, -0.1) is 10.2 Å². The fourth-order valence-corrected chi connectivity index (χ4v) is 2.67. The highest BCUT2D eigenvalue weighted by Crippen LogP contribution is 2.24. The Bertz CT molecular complexity index is 569. The smallest absolute Gasteiger partial charge is 0.233 e. The van der Waals surface area contributed by atoms with Gasteiger partial charge in [-0.2, -0.15) is 5.10 Å². The highest BCUT2D eigenvalue weighted by molar-refractivity contribution is 7.15. The number of nitrogens with one attached hydrogen (secondary N) is 2. The number of amides is 1. The molecular formula is C12H17N5OS. The average molecular weight is 279 g/mol. The molecule has 2 aromatic heterocycles. The molecule has 102 valence electrons. The molecule has 0 aliphatic heterocycles. The van der Waals surface area contributed by atoms with Gasteiger partial charge in [-0.25, -0.2) is 0 Å². The monoisotopic (exact) mass is 279 g/mol. The number of aryl methyl sites for hydroxylation is 3. The van der Waals surface area contributed by atoms with Crippen molar-refractivity contribution in [1.82, 2.24) is 20.4 Å². The molecule has 0 aliphatic rings. The van der Waals surface area contributed by atoms with Gasteiger partial charge in [0.05, 0.1) is 11.6 Å². The van der Waals surface area contributed by atoms with Crippen molar-refractivity contribution in [1.29, 1.82) is 0 Å². The molecule has 0 saturated carbocycles. The van der Waals surface area contributed by atoms with Gasteiger partial charge in [0.15, 0.2) is 0 Å². The highest BCUT2D eigenvalue weighted by atomic mass is 32.1. The molecule has 2 heterocycles. The molecule has 0 spiro atoms. The molecule has 6 nitrogen and oxygen atoms in total. The Balaban J connectivity index is 2.11. The minimum absolute atomic E-state index is 0.0913. The van der Waals surface area contributed by atoms with E-state index in [2.05, 4.69) is 25.7 Å². The van der Waals surface area contributed by atoms with Crippen molar-refractivity contribution in [2.45, 2.75) is 40.0 Å². The second kappa shape index (κ2) is 5.48. The average Bonchev–Trinajstić information content (AvgIpc) is 2.96. The van der Waals surface area contributed by atoms with Gasteiger partial charge in [-0.1, -0.05) is 18.3 Å². The lowest BCUT2D eigenvalue weighted by Gasteiger charge is -2.10. The van der Waals surface area contributed by atoms with Crippen LogP contribution in [0.5, 0.6) is 0 Å². The lowest BCUT2D eigenvalue weighted by atomic mass is 9.98. The molecule has 2 aromatic rings. The number of aromatic amines is 1. The predicted octanol–water partition coefficient (Wildman–Crippen LogP) is 2.18. The molecule has 0 aromatic carbocycles. The minimum atomic E-state index is -0.271. The van der Waals surface area contributed by atoms with E-state index in [1.165, 1.54) is 11.3 Å². The van der Waals surface area contributed by atoms with Gasteiger partial charge in [-0.3, -0.25) is 15.2 Å². The summed E-state index contributed by atoms with van der Waals surface area (Å²) in [5.41, 5.74) is 2.72.